The minimum Gasteiger partial charge on any atom is -0.255 e. The molecule has 1 rings (SSSR count). The van der Waals surface area contributed by atoms with Crippen molar-refractivity contribution in [3.05, 3.63) is 36.0 Å². The summed E-state index contributed by atoms with van der Waals surface area (Å²) in [5.41, 5.74) is 1.33. The molecule has 0 bridgehead atoms. The smallest absolute Gasteiger partial charge is 0 e. The van der Waals surface area contributed by atoms with Crippen LogP contribution in [0.1, 0.15) is 27.2 Å². The van der Waals surface area contributed by atoms with Gasteiger partial charge in [0.25, 0.3) is 0 Å². The molecule has 0 aromatic heterocycles. The zero-order valence-corrected chi connectivity index (χ0v) is 10.4. The first kappa shape index (κ1) is 13.9. The van der Waals surface area contributed by atoms with E-state index in [-0.39, 0.29) is 32.7 Å². The molecule has 1 radical (unpaired) electrons. The van der Waals surface area contributed by atoms with Gasteiger partial charge in [-0.15, -0.1) is 5.57 Å². The Morgan fingerprint density at radius 2 is 2.00 bits per heavy atom. The van der Waals surface area contributed by atoms with E-state index in [1.807, 2.05) is 26.0 Å². The van der Waals surface area contributed by atoms with Crippen LogP contribution in [0.4, 0.5) is 0 Å². The second-order valence-electron chi connectivity index (χ2n) is 1.89. The zero-order valence-electron chi connectivity index (χ0n) is 7.59. The van der Waals surface area contributed by atoms with Gasteiger partial charge >= 0.3 is 0 Å². The van der Waals surface area contributed by atoms with Crippen LogP contribution in [0.2, 0.25) is 0 Å². The normalized spacial score (nSPS) is 13.5. The van der Waals surface area contributed by atoms with E-state index in [1.54, 1.807) is 0 Å². The van der Waals surface area contributed by atoms with Crippen molar-refractivity contribution in [2.24, 2.45) is 0 Å². The van der Waals surface area contributed by atoms with E-state index in [0.717, 1.165) is 6.42 Å². The fourth-order valence-corrected chi connectivity index (χ4v) is 0.629. The molecule has 0 spiro atoms. The Bertz CT molecular complexity index is 150. The molecule has 11 heavy (non-hydrogen) atoms. The van der Waals surface area contributed by atoms with Crippen LogP contribution in [0.3, 0.4) is 0 Å². The van der Waals surface area contributed by atoms with E-state index in [9.17, 15) is 0 Å². The summed E-state index contributed by atoms with van der Waals surface area (Å²) in [6.07, 6.45) is 12.2. The molecule has 59 valence electrons. The number of allylic oxidation sites excluding steroid dienone is 6. The third kappa shape index (κ3) is 8.23. The van der Waals surface area contributed by atoms with Crippen molar-refractivity contribution in [1.29, 1.82) is 0 Å². The molecule has 0 unspecified atom stereocenters. The Hall–Kier alpha value is 0.324. The Kier molecular flexibility index (Phi) is 13.0. The van der Waals surface area contributed by atoms with Crippen LogP contribution in [0.25, 0.3) is 0 Å². The summed E-state index contributed by atoms with van der Waals surface area (Å²) in [6, 6.07) is 0. The summed E-state index contributed by atoms with van der Waals surface area (Å²) >= 11 is 0. The van der Waals surface area contributed by atoms with Crippen LogP contribution in [0.15, 0.2) is 29.9 Å². The van der Waals surface area contributed by atoms with E-state index in [1.165, 1.54) is 5.57 Å². The molecule has 0 heterocycles. The van der Waals surface area contributed by atoms with Crippen molar-refractivity contribution in [3.63, 3.8) is 0 Å². The minimum atomic E-state index is 0. The SMILES string of the molecule is CC.CC1=CCC=[C-]C=C1.[Y]. The van der Waals surface area contributed by atoms with E-state index >= 15 is 0 Å². The van der Waals surface area contributed by atoms with Crippen molar-refractivity contribution in [1.82, 2.24) is 0 Å². The molecule has 0 aromatic rings. The molecular weight excluding hydrogens is 209 g/mol. The molecule has 0 aromatic carbocycles. The molecule has 0 N–H and O–H groups in total. The number of hydrogen-bond donors (Lipinski definition) is 0. The van der Waals surface area contributed by atoms with Gasteiger partial charge in [-0.05, 0) is 6.42 Å². The van der Waals surface area contributed by atoms with Crippen molar-refractivity contribution in [2.45, 2.75) is 27.2 Å². The Morgan fingerprint density at radius 3 is 2.64 bits per heavy atom. The maximum Gasteiger partial charge on any atom is 0 e. The van der Waals surface area contributed by atoms with Crippen molar-refractivity contribution >= 4 is 0 Å². The van der Waals surface area contributed by atoms with E-state index in [2.05, 4.69) is 25.2 Å². The molecule has 1 aliphatic rings. The molecule has 0 nitrogen and oxygen atoms in total. The molecule has 0 atom stereocenters. The summed E-state index contributed by atoms with van der Waals surface area (Å²) in [5, 5.41) is 0. The summed E-state index contributed by atoms with van der Waals surface area (Å²) in [7, 11) is 0. The third-order valence-corrected chi connectivity index (χ3v) is 1.12. The van der Waals surface area contributed by atoms with Gasteiger partial charge in [0.2, 0.25) is 0 Å². The van der Waals surface area contributed by atoms with Crippen LogP contribution >= 0.6 is 0 Å². The quantitative estimate of drug-likeness (QED) is 0.554. The van der Waals surface area contributed by atoms with Crippen molar-refractivity contribution in [3.8, 4) is 0 Å². The summed E-state index contributed by atoms with van der Waals surface area (Å²) in [6.45, 7) is 6.09. The predicted molar refractivity (Wildman–Crippen MR) is 46.7 cm³/mol. The zero-order chi connectivity index (χ0) is 7.82. The second-order valence-corrected chi connectivity index (χ2v) is 1.89. The molecule has 1 aliphatic carbocycles. The molecule has 1 heteroatoms. The Balaban J connectivity index is 0. The monoisotopic (exact) mass is 224 g/mol. The van der Waals surface area contributed by atoms with E-state index < -0.39 is 0 Å². The third-order valence-electron chi connectivity index (χ3n) is 1.12. The topological polar surface area (TPSA) is 0 Å². The first-order valence-electron chi connectivity index (χ1n) is 3.80. The van der Waals surface area contributed by atoms with Gasteiger partial charge in [0.1, 0.15) is 0 Å². The molecular formula is C10H15Y-. The molecule has 0 saturated heterocycles. The van der Waals surface area contributed by atoms with E-state index in [4.69, 9.17) is 0 Å². The van der Waals surface area contributed by atoms with E-state index in [0.29, 0.717) is 0 Å². The molecule has 0 saturated carbocycles. The molecule has 0 fully saturated rings. The fraction of sp³-hybridized carbons (Fsp3) is 0.400. The average Bonchev–Trinajstić information content (AvgIpc) is 2.21. The number of hydrogen-bond acceptors (Lipinski definition) is 0. The van der Waals surface area contributed by atoms with Crippen LogP contribution in [0.5, 0.6) is 0 Å². The Morgan fingerprint density at radius 1 is 1.36 bits per heavy atom. The van der Waals surface area contributed by atoms with Crippen LogP contribution < -0.4 is 0 Å². The molecule has 0 amide bonds. The maximum absolute atomic E-state index is 3.02. The summed E-state index contributed by atoms with van der Waals surface area (Å²) < 4.78 is 0. The second kappa shape index (κ2) is 10.3. The van der Waals surface area contributed by atoms with Gasteiger partial charge in [-0.2, -0.15) is 6.08 Å². The van der Waals surface area contributed by atoms with Gasteiger partial charge in [0.15, 0.2) is 0 Å². The van der Waals surface area contributed by atoms with Crippen LogP contribution in [-0.4, -0.2) is 0 Å². The predicted octanol–water partition coefficient (Wildman–Crippen LogP) is 3.28. The number of rotatable bonds is 0. The van der Waals surface area contributed by atoms with Crippen LogP contribution in [0, 0.1) is 6.08 Å². The van der Waals surface area contributed by atoms with Gasteiger partial charge in [0, 0.05) is 32.7 Å². The first-order chi connectivity index (χ1) is 4.89. The van der Waals surface area contributed by atoms with Gasteiger partial charge in [-0.3, -0.25) is 6.08 Å². The Labute approximate surface area is 95.3 Å². The largest absolute Gasteiger partial charge is 0.255 e. The standard InChI is InChI=1S/C8H9.C2H6.Y/c1-8-6-4-2-3-5-7-8;1-2;/h2,5-7H,4H2,1H3;1-2H3;/q-1;;. The summed E-state index contributed by atoms with van der Waals surface area (Å²) in [5.74, 6) is 0. The maximum atomic E-state index is 3.02. The molecule has 0 aliphatic heterocycles. The fourth-order valence-electron chi connectivity index (χ4n) is 0.629. The first-order valence-corrected chi connectivity index (χ1v) is 3.80. The van der Waals surface area contributed by atoms with Crippen molar-refractivity contribution < 1.29 is 32.7 Å². The van der Waals surface area contributed by atoms with Gasteiger partial charge in [-0.25, -0.2) is 12.2 Å². The van der Waals surface area contributed by atoms with Gasteiger partial charge in [-0.1, -0.05) is 26.8 Å². The van der Waals surface area contributed by atoms with Crippen molar-refractivity contribution in [2.75, 3.05) is 0 Å². The summed E-state index contributed by atoms with van der Waals surface area (Å²) in [4.78, 5) is 0. The van der Waals surface area contributed by atoms with Crippen LogP contribution in [-0.2, 0) is 32.7 Å². The minimum absolute atomic E-state index is 0. The van der Waals surface area contributed by atoms with Gasteiger partial charge < -0.3 is 0 Å². The average molecular weight is 224 g/mol. The van der Waals surface area contributed by atoms with Gasteiger partial charge in [0.05, 0.1) is 0 Å².